The fourth-order valence-corrected chi connectivity index (χ4v) is 2.89. The standard InChI is InChI=1S/C18H13Cl2N3O4/c19-10-5-6-13(20)14(7-10)22-15(24)8-21-16(25)9-23-17(26)11-3-1-2-4-12(11)18(23)27/h1-7H,8-9H2,(H,21,25)(H,22,24). The smallest absolute Gasteiger partial charge is 0.262 e. The maximum absolute atomic E-state index is 12.2. The molecule has 3 rings (SSSR count). The predicted molar refractivity (Wildman–Crippen MR) is 99.9 cm³/mol. The van der Waals surface area contributed by atoms with E-state index < -0.39 is 30.2 Å². The summed E-state index contributed by atoms with van der Waals surface area (Å²) in [6, 6.07) is 10.9. The molecule has 1 aliphatic heterocycles. The first kappa shape index (κ1) is 18.9. The second-order valence-electron chi connectivity index (χ2n) is 5.69. The Balaban J connectivity index is 1.54. The van der Waals surface area contributed by atoms with E-state index in [1.807, 2.05) is 0 Å². The third-order valence-electron chi connectivity index (χ3n) is 3.83. The molecular formula is C18H13Cl2N3O4. The molecule has 0 spiro atoms. The van der Waals surface area contributed by atoms with Gasteiger partial charge in [-0.1, -0.05) is 35.3 Å². The van der Waals surface area contributed by atoms with Crippen molar-refractivity contribution in [3.8, 4) is 0 Å². The number of amides is 4. The van der Waals surface area contributed by atoms with Gasteiger partial charge in [-0.15, -0.1) is 0 Å². The molecule has 7 nitrogen and oxygen atoms in total. The molecule has 2 aromatic rings. The Hall–Kier alpha value is -2.90. The van der Waals surface area contributed by atoms with Gasteiger partial charge in [0.25, 0.3) is 11.8 Å². The zero-order chi connectivity index (χ0) is 19.6. The van der Waals surface area contributed by atoms with Gasteiger partial charge in [0.05, 0.1) is 28.4 Å². The number of anilines is 1. The molecule has 0 atom stereocenters. The minimum atomic E-state index is -0.642. The van der Waals surface area contributed by atoms with Crippen molar-refractivity contribution in [2.45, 2.75) is 0 Å². The maximum Gasteiger partial charge on any atom is 0.262 e. The summed E-state index contributed by atoms with van der Waals surface area (Å²) < 4.78 is 0. The largest absolute Gasteiger partial charge is 0.345 e. The highest BCUT2D eigenvalue weighted by molar-refractivity contribution is 6.35. The van der Waals surface area contributed by atoms with Gasteiger partial charge in [0.1, 0.15) is 6.54 Å². The highest BCUT2D eigenvalue weighted by atomic mass is 35.5. The molecule has 0 unspecified atom stereocenters. The lowest BCUT2D eigenvalue weighted by atomic mass is 10.1. The van der Waals surface area contributed by atoms with E-state index in [0.29, 0.717) is 15.7 Å². The van der Waals surface area contributed by atoms with Crippen molar-refractivity contribution in [1.82, 2.24) is 10.2 Å². The van der Waals surface area contributed by atoms with Gasteiger partial charge in [0.2, 0.25) is 11.8 Å². The molecule has 2 N–H and O–H groups in total. The molecule has 1 heterocycles. The fraction of sp³-hybridized carbons (Fsp3) is 0.111. The monoisotopic (exact) mass is 405 g/mol. The van der Waals surface area contributed by atoms with E-state index in [2.05, 4.69) is 10.6 Å². The number of halogens is 2. The van der Waals surface area contributed by atoms with Crippen LogP contribution in [0.5, 0.6) is 0 Å². The minimum absolute atomic E-state index is 0.253. The SMILES string of the molecule is O=C(CN1C(=O)c2ccccc2C1=O)NCC(=O)Nc1cc(Cl)ccc1Cl. The molecule has 2 aromatic carbocycles. The summed E-state index contributed by atoms with van der Waals surface area (Å²) in [5, 5.41) is 5.56. The molecule has 1 aliphatic rings. The van der Waals surface area contributed by atoms with Crippen molar-refractivity contribution in [3.63, 3.8) is 0 Å². The molecule has 4 amide bonds. The van der Waals surface area contributed by atoms with E-state index >= 15 is 0 Å². The molecule has 0 aliphatic carbocycles. The zero-order valence-electron chi connectivity index (χ0n) is 13.8. The summed E-state index contributed by atoms with van der Waals surface area (Å²) in [4.78, 5) is 49.2. The number of rotatable bonds is 5. The van der Waals surface area contributed by atoms with Gasteiger partial charge in [-0.2, -0.15) is 0 Å². The molecule has 0 saturated heterocycles. The van der Waals surface area contributed by atoms with Crippen LogP contribution in [0.4, 0.5) is 5.69 Å². The highest BCUT2D eigenvalue weighted by Gasteiger charge is 2.36. The van der Waals surface area contributed by atoms with Crippen molar-refractivity contribution in [2.75, 3.05) is 18.4 Å². The highest BCUT2D eigenvalue weighted by Crippen LogP contribution is 2.25. The third kappa shape index (κ3) is 4.10. The van der Waals surface area contributed by atoms with Gasteiger partial charge in [-0.25, -0.2) is 0 Å². The van der Waals surface area contributed by atoms with E-state index in [1.165, 1.54) is 24.3 Å². The van der Waals surface area contributed by atoms with Crippen molar-refractivity contribution in [3.05, 3.63) is 63.6 Å². The summed E-state index contributed by atoms with van der Waals surface area (Å²) in [5.41, 5.74) is 0.816. The third-order valence-corrected chi connectivity index (χ3v) is 4.39. The average molecular weight is 406 g/mol. The lowest BCUT2D eigenvalue weighted by Crippen LogP contribution is -2.42. The van der Waals surface area contributed by atoms with E-state index in [9.17, 15) is 19.2 Å². The van der Waals surface area contributed by atoms with Crippen LogP contribution in [-0.2, 0) is 9.59 Å². The minimum Gasteiger partial charge on any atom is -0.345 e. The Labute approximate surface area is 164 Å². The van der Waals surface area contributed by atoms with Crippen LogP contribution in [0.15, 0.2) is 42.5 Å². The summed E-state index contributed by atoms with van der Waals surface area (Å²) in [5.74, 6) is -2.26. The Morgan fingerprint density at radius 1 is 0.926 bits per heavy atom. The summed E-state index contributed by atoms with van der Waals surface area (Å²) in [6.07, 6.45) is 0. The van der Waals surface area contributed by atoms with Gasteiger partial charge in [-0.05, 0) is 30.3 Å². The number of fused-ring (bicyclic) bond motifs is 1. The summed E-state index contributed by atoms with van der Waals surface area (Å²) >= 11 is 11.8. The lowest BCUT2D eigenvalue weighted by molar-refractivity contribution is -0.124. The van der Waals surface area contributed by atoms with E-state index in [0.717, 1.165) is 4.90 Å². The fourth-order valence-electron chi connectivity index (χ4n) is 2.55. The molecule has 9 heteroatoms. The van der Waals surface area contributed by atoms with Crippen molar-refractivity contribution >= 4 is 52.5 Å². The average Bonchev–Trinajstić information content (AvgIpc) is 2.88. The Kier molecular flexibility index (Phi) is 5.43. The van der Waals surface area contributed by atoms with E-state index in [4.69, 9.17) is 23.2 Å². The van der Waals surface area contributed by atoms with Crippen LogP contribution in [0, 0.1) is 0 Å². The van der Waals surface area contributed by atoms with Crippen LogP contribution in [0.25, 0.3) is 0 Å². The number of nitrogens with one attached hydrogen (secondary N) is 2. The first-order valence-corrected chi connectivity index (χ1v) is 8.59. The summed E-state index contributed by atoms with van der Waals surface area (Å²) in [6.45, 7) is -0.831. The van der Waals surface area contributed by atoms with Gasteiger partial charge < -0.3 is 10.6 Å². The lowest BCUT2D eigenvalue weighted by Gasteiger charge is -2.13. The van der Waals surface area contributed by atoms with Crippen LogP contribution in [-0.4, -0.2) is 41.6 Å². The van der Waals surface area contributed by atoms with Crippen molar-refractivity contribution in [2.24, 2.45) is 0 Å². The predicted octanol–water partition coefficient (Wildman–Crippen LogP) is 2.34. The Morgan fingerprint density at radius 3 is 2.19 bits per heavy atom. The van der Waals surface area contributed by atoms with Crippen molar-refractivity contribution < 1.29 is 19.2 Å². The topological polar surface area (TPSA) is 95.6 Å². The molecule has 0 radical (unpaired) electrons. The maximum atomic E-state index is 12.2. The number of hydrogen-bond acceptors (Lipinski definition) is 4. The number of carbonyl (C=O) groups excluding carboxylic acids is 4. The normalized spacial score (nSPS) is 12.7. The molecular weight excluding hydrogens is 393 g/mol. The first-order valence-electron chi connectivity index (χ1n) is 7.83. The van der Waals surface area contributed by atoms with Gasteiger partial charge in [-0.3, -0.25) is 24.1 Å². The number of hydrogen-bond donors (Lipinski definition) is 2. The van der Waals surface area contributed by atoms with E-state index in [-0.39, 0.29) is 17.7 Å². The molecule has 138 valence electrons. The number of imide groups is 1. The first-order chi connectivity index (χ1) is 12.9. The van der Waals surface area contributed by atoms with Crippen LogP contribution in [0.1, 0.15) is 20.7 Å². The van der Waals surface area contributed by atoms with Gasteiger partial charge in [0.15, 0.2) is 0 Å². The molecule has 0 saturated carbocycles. The second kappa shape index (κ2) is 7.77. The Morgan fingerprint density at radius 2 is 1.56 bits per heavy atom. The number of benzene rings is 2. The van der Waals surface area contributed by atoms with Crippen LogP contribution in [0.2, 0.25) is 10.0 Å². The molecule has 27 heavy (non-hydrogen) atoms. The quantitative estimate of drug-likeness (QED) is 0.746. The second-order valence-corrected chi connectivity index (χ2v) is 6.53. The zero-order valence-corrected chi connectivity index (χ0v) is 15.3. The molecule has 0 aromatic heterocycles. The molecule has 0 bridgehead atoms. The van der Waals surface area contributed by atoms with Crippen LogP contribution >= 0.6 is 23.2 Å². The number of carbonyl (C=O) groups is 4. The van der Waals surface area contributed by atoms with Gasteiger partial charge >= 0.3 is 0 Å². The van der Waals surface area contributed by atoms with Crippen molar-refractivity contribution in [1.29, 1.82) is 0 Å². The van der Waals surface area contributed by atoms with Crippen LogP contribution < -0.4 is 10.6 Å². The van der Waals surface area contributed by atoms with Gasteiger partial charge in [0, 0.05) is 5.02 Å². The summed E-state index contributed by atoms with van der Waals surface area (Å²) in [7, 11) is 0. The number of nitrogens with zero attached hydrogens (tertiary/aromatic N) is 1. The van der Waals surface area contributed by atoms with Crippen LogP contribution in [0.3, 0.4) is 0 Å². The van der Waals surface area contributed by atoms with E-state index in [1.54, 1.807) is 18.2 Å². The Bertz CT molecular complexity index is 926. The molecule has 0 fully saturated rings.